The van der Waals surface area contributed by atoms with E-state index in [9.17, 15) is 9.59 Å². The van der Waals surface area contributed by atoms with Crippen molar-refractivity contribution in [3.05, 3.63) is 70.3 Å². The molecule has 6 heteroatoms. The Labute approximate surface area is 151 Å². The first-order valence-electron chi connectivity index (χ1n) is 8.42. The number of benzene rings is 2. The number of carbonyl (C=O) groups is 1. The van der Waals surface area contributed by atoms with Crippen LogP contribution in [0.2, 0.25) is 0 Å². The predicted molar refractivity (Wildman–Crippen MR) is 100 cm³/mol. The molecule has 0 aliphatic carbocycles. The number of H-pyrrole nitrogens is 1. The van der Waals surface area contributed by atoms with E-state index >= 15 is 0 Å². The molecule has 0 aliphatic heterocycles. The molecule has 1 amide bonds. The highest BCUT2D eigenvalue weighted by Crippen LogP contribution is 2.17. The van der Waals surface area contributed by atoms with E-state index in [1.54, 1.807) is 54.5 Å². The van der Waals surface area contributed by atoms with Crippen LogP contribution in [0.1, 0.15) is 30.0 Å². The Bertz CT molecular complexity index is 995. The van der Waals surface area contributed by atoms with Crippen LogP contribution in [-0.2, 0) is 6.54 Å². The molecular weight excluding hydrogens is 330 g/mol. The molecule has 0 fully saturated rings. The van der Waals surface area contributed by atoms with Crippen LogP contribution in [0.15, 0.2) is 53.3 Å². The van der Waals surface area contributed by atoms with E-state index in [0.29, 0.717) is 28.0 Å². The van der Waals surface area contributed by atoms with E-state index in [1.807, 2.05) is 19.9 Å². The number of hydrogen-bond acceptors (Lipinski definition) is 4. The second kappa shape index (κ2) is 7.39. The molecule has 0 saturated heterocycles. The number of rotatable bonds is 5. The zero-order chi connectivity index (χ0) is 18.7. The number of ether oxygens (including phenoxy) is 1. The number of nitrogens with zero attached hydrogens (tertiary/aromatic N) is 2. The predicted octanol–water partition coefficient (Wildman–Crippen LogP) is 2.98. The number of fused-ring (bicyclic) bond motifs is 1. The van der Waals surface area contributed by atoms with Crippen LogP contribution in [0.3, 0.4) is 0 Å². The van der Waals surface area contributed by atoms with Crippen LogP contribution in [0, 0.1) is 0 Å². The third kappa shape index (κ3) is 3.59. The van der Waals surface area contributed by atoms with Gasteiger partial charge in [-0.25, -0.2) is 4.98 Å². The molecule has 1 heterocycles. The second-order valence-corrected chi connectivity index (χ2v) is 6.29. The van der Waals surface area contributed by atoms with Crippen molar-refractivity contribution in [3.8, 4) is 5.75 Å². The molecule has 3 rings (SSSR count). The summed E-state index contributed by atoms with van der Waals surface area (Å²) in [4.78, 5) is 34.2. The summed E-state index contributed by atoms with van der Waals surface area (Å²) >= 11 is 0. The Morgan fingerprint density at radius 3 is 2.69 bits per heavy atom. The summed E-state index contributed by atoms with van der Waals surface area (Å²) in [6.45, 7) is 4.07. The molecule has 0 saturated carbocycles. The first-order valence-corrected chi connectivity index (χ1v) is 8.42. The van der Waals surface area contributed by atoms with Gasteiger partial charge < -0.3 is 14.6 Å². The van der Waals surface area contributed by atoms with Gasteiger partial charge in [0.1, 0.15) is 11.6 Å². The lowest BCUT2D eigenvalue weighted by Gasteiger charge is -2.26. The highest BCUT2D eigenvalue weighted by atomic mass is 16.5. The summed E-state index contributed by atoms with van der Waals surface area (Å²) in [5.74, 6) is 0.935. The number of aromatic amines is 1. The van der Waals surface area contributed by atoms with Gasteiger partial charge in [-0.2, -0.15) is 0 Å². The summed E-state index contributed by atoms with van der Waals surface area (Å²) < 4.78 is 5.20. The fraction of sp³-hybridized carbons (Fsp3) is 0.250. The zero-order valence-electron chi connectivity index (χ0n) is 15.0. The first-order chi connectivity index (χ1) is 12.5. The van der Waals surface area contributed by atoms with Gasteiger partial charge >= 0.3 is 0 Å². The Morgan fingerprint density at radius 2 is 1.96 bits per heavy atom. The largest absolute Gasteiger partial charge is 0.497 e. The fourth-order valence-corrected chi connectivity index (χ4v) is 2.78. The van der Waals surface area contributed by atoms with Gasteiger partial charge in [-0.1, -0.05) is 18.2 Å². The molecule has 0 aliphatic rings. The number of nitrogens with one attached hydrogen (secondary N) is 1. The van der Waals surface area contributed by atoms with Gasteiger partial charge in [0.15, 0.2) is 0 Å². The number of methoxy groups -OCH3 is 1. The maximum atomic E-state index is 13.0. The smallest absolute Gasteiger partial charge is 0.258 e. The average Bonchev–Trinajstić information content (AvgIpc) is 2.65. The van der Waals surface area contributed by atoms with Crippen molar-refractivity contribution >= 4 is 16.8 Å². The van der Waals surface area contributed by atoms with Crippen LogP contribution in [0.25, 0.3) is 10.9 Å². The standard InChI is InChI=1S/C20H21N3O3/c1-13(2)23(20(25)14-7-6-8-15(11-14)26-3)12-18-21-17-10-5-4-9-16(17)19(24)22-18/h4-11,13H,12H2,1-3H3,(H,21,22,24). The highest BCUT2D eigenvalue weighted by molar-refractivity contribution is 5.94. The quantitative estimate of drug-likeness (QED) is 0.767. The topological polar surface area (TPSA) is 75.3 Å². The number of aromatic nitrogens is 2. The Hall–Kier alpha value is -3.15. The third-order valence-corrected chi connectivity index (χ3v) is 4.18. The molecule has 0 bridgehead atoms. The highest BCUT2D eigenvalue weighted by Gasteiger charge is 2.21. The monoisotopic (exact) mass is 351 g/mol. The van der Waals surface area contributed by atoms with E-state index in [0.717, 1.165) is 0 Å². The summed E-state index contributed by atoms with van der Waals surface area (Å²) in [6.07, 6.45) is 0. The van der Waals surface area contributed by atoms with Crippen molar-refractivity contribution in [2.24, 2.45) is 0 Å². The second-order valence-electron chi connectivity index (χ2n) is 6.29. The van der Waals surface area contributed by atoms with Gasteiger partial charge in [0.05, 0.1) is 24.6 Å². The zero-order valence-corrected chi connectivity index (χ0v) is 15.0. The SMILES string of the molecule is COc1cccc(C(=O)N(Cc2nc3ccccc3c(=O)[nH]2)C(C)C)c1. The average molecular weight is 351 g/mol. The molecule has 0 atom stereocenters. The van der Waals surface area contributed by atoms with Crippen molar-refractivity contribution in [1.82, 2.24) is 14.9 Å². The summed E-state index contributed by atoms with van der Waals surface area (Å²) in [6, 6.07) is 14.1. The normalized spacial score (nSPS) is 10.9. The Kier molecular flexibility index (Phi) is 5.02. The molecular formula is C20H21N3O3. The van der Waals surface area contributed by atoms with Gasteiger partial charge in [0.2, 0.25) is 0 Å². The van der Waals surface area contributed by atoms with Crippen LogP contribution in [0.5, 0.6) is 5.75 Å². The van der Waals surface area contributed by atoms with E-state index in [4.69, 9.17) is 4.74 Å². The minimum Gasteiger partial charge on any atom is -0.497 e. The molecule has 0 unspecified atom stereocenters. The molecule has 1 N–H and O–H groups in total. The van der Waals surface area contributed by atoms with E-state index < -0.39 is 0 Å². The van der Waals surface area contributed by atoms with Crippen molar-refractivity contribution in [1.29, 1.82) is 0 Å². The number of amides is 1. The summed E-state index contributed by atoms with van der Waals surface area (Å²) in [5, 5.41) is 0.534. The first kappa shape index (κ1) is 17.7. The lowest BCUT2D eigenvalue weighted by Crippen LogP contribution is -2.37. The summed E-state index contributed by atoms with van der Waals surface area (Å²) in [5.41, 5.74) is 0.938. The molecule has 2 aromatic carbocycles. The van der Waals surface area contributed by atoms with Crippen molar-refractivity contribution in [3.63, 3.8) is 0 Å². The molecule has 134 valence electrons. The lowest BCUT2D eigenvalue weighted by molar-refractivity contribution is 0.0684. The van der Waals surface area contributed by atoms with E-state index in [2.05, 4.69) is 9.97 Å². The molecule has 3 aromatic rings. The van der Waals surface area contributed by atoms with Gasteiger partial charge in [-0.05, 0) is 44.2 Å². The Morgan fingerprint density at radius 1 is 1.19 bits per heavy atom. The minimum absolute atomic E-state index is 0.0644. The van der Waals surface area contributed by atoms with E-state index in [1.165, 1.54) is 0 Å². The van der Waals surface area contributed by atoms with Gasteiger partial charge in [0.25, 0.3) is 11.5 Å². The molecule has 1 aromatic heterocycles. The number of para-hydroxylation sites is 1. The Balaban J connectivity index is 1.94. The van der Waals surface area contributed by atoms with Crippen LogP contribution in [0.4, 0.5) is 0 Å². The maximum absolute atomic E-state index is 13.0. The minimum atomic E-state index is -0.205. The van der Waals surface area contributed by atoms with Crippen LogP contribution < -0.4 is 10.3 Å². The number of carbonyl (C=O) groups excluding carboxylic acids is 1. The van der Waals surface area contributed by atoms with Gasteiger partial charge in [-0.3, -0.25) is 9.59 Å². The fourth-order valence-electron chi connectivity index (χ4n) is 2.78. The molecule has 0 radical (unpaired) electrons. The number of hydrogen-bond donors (Lipinski definition) is 1. The molecule has 0 spiro atoms. The summed E-state index contributed by atoms with van der Waals surface area (Å²) in [7, 11) is 1.56. The van der Waals surface area contributed by atoms with Crippen molar-refractivity contribution in [2.75, 3.05) is 7.11 Å². The third-order valence-electron chi connectivity index (χ3n) is 4.18. The van der Waals surface area contributed by atoms with Crippen LogP contribution in [-0.4, -0.2) is 33.9 Å². The van der Waals surface area contributed by atoms with E-state index in [-0.39, 0.29) is 24.1 Å². The van der Waals surface area contributed by atoms with Crippen molar-refractivity contribution in [2.45, 2.75) is 26.4 Å². The lowest BCUT2D eigenvalue weighted by atomic mass is 10.1. The van der Waals surface area contributed by atoms with Gasteiger partial charge in [0, 0.05) is 11.6 Å². The van der Waals surface area contributed by atoms with Crippen LogP contribution >= 0.6 is 0 Å². The van der Waals surface area contributed by atoms with Crippen molar-refractivity contribution < 1.29 is 9.53 Å². The van der Waals surface area contributed by atoms with Gasteiger partial charge in [-0.15, -0.1) is 0 Å². The molecule has 6 nitrogen and oxygen atoms in total. The molecule has 26 heavy (non-hydrogen) atoms. The maximum Gasteiger partial charge on any atom is 0.258 e.